The van der Waals surface area contributed by atoms with Gasteiger partial charge in [0.15, 0.2) is 5.13 Å². The molecule has 0 radical (unpaired) electrons. The van der Waals surface area contributed by atoms with Gasteiger partial charge in [-0.1, -0.05) is 13.8 Å². The van der Waals surface area contributed by atoms with E-state index in [1.165, 1.54) is 22.6 Å². The molecule has 1 aliphatic rings. The molecule has 0 fully saturated rings. The number of aliphatic carboxylic acids is 1. The molecule has 1 heterocycles. The van der Waals surface area contributed by atoms with E-state index in [2.05, 4.69) is 10.3 Å². The van der Waals surface area contributed by atoms with E-state index in [-0.39, 0.29) is 5.91 Å². The molecule has 5 nitrogen and oxygen atoms in total. The third-order valence-corrected chi connectivity index (χ3v) is 4.70. The third-order valence-electron chi connectivity index (χ3n) is 3.63. The molecule has 0 bridgehead atoms. The lowest BCUT2D eigenvalue weighted by atomic mass is 9.95. The number of carbonyl (C=O) groups excluding carboxylic acids is 1. The molecular weight excluding hydrogens is 264 g/mol. The van der Waals surface area contributed by atoms with Gasteiger partial charge >= 0.3 is 5.97 Å². The molecule has 1 aromatic heterocycles. The number of aryl methyl sites for hydroxylation is 2. The van der Waals surface area contributed by atoms with Crippen LogP contribution in [-0.2, 0) is 22.4 Å². The van der Waals surface area contributed by atoms with Gasteiger partial charge in [-0.15, -0.1) is 11.3 Å². The highest BCUT2D eigenvalue weighted by Crippen LogP contribution is 2.30. The number of nitrogens with one attached hydrogen (secondary N) is 1. The SMILES string of the molecule is CC(C(=O)O)C(C)C(=O)Nc1nc2c(s1)CCCC2. The molecule has 1 aromatic rings. The fourth-order valence-corrected chi connectivity index (χ4v) is 3.12. The van der Waals surface area contributed by atoms with Crippen LogP contribution >= 0.6 is 11.3 Å². The summed E-state index contributed by atoms with van der Waals surface area (Å²) in [5.41, 5.74) is 1.09. The van der Waals surface area contributed by atoms with Gasteiger partial charge in [-0.25, -0.2) is 4.98 Å². The number of hydrogen-bond donors (Lipinski definition) is 2. The quantitative estimate of drug-likeness (QED) is 0.888. The Morgan fingerprint density at radius 3 is 2.58 bits per heavy atom. The fraction of sp³-hybridized carbons (Fsp3) is 0.615. The molecule has 104 valence electrons. The largest absolute Gasteiger partial charge is 0.481 e. The van der Waals surface area contributed by atoms with Crippen LogP contribution in [0.25, 0.3) is 0 Å². The number of rotatable bonds is 4. The van der Waals surface area contributed by atoms with Crippen LogP contribution in [0.15, 0.2) is 0 Å². The average molecular weight is 282 g/mol. The minimum absolute atomic E-state index is 0.277. The predicted molar refractivity (Wildman–Crippen MR) is 73.3 cm³/mol. The molecule has 19 heavy (non-hydrogen) atoms. The number of fused-ring (bicyclic) bond motifs is 1. The Balaban J connectivity index is 2.02. The van der Waals surface area contributed by atoms with Gasteiger partial charge in [0.05, 0.1) is 11.6 Å². The second-order valence-electron chi connectivity index (χ2n) is 5.00. The van der Waals surface area contributed by atoms with E-state index < -0.39 is 17.8 Å². The van der Waals surface area contributed by atoms with Crippen LogP contribution in [0.2, 0.25) is 0 Å². The number of nitrogens with zero attached hydrogens (tertiary/aromatic N) is 1. The monoisotopic (exact) mass is 282 g/mol. The van der Waals surface area contributed by atoms with Gasteiger partial charge in [-0.3, -0.25) is 9.59 Å². The van der Waals surface area contributed by atoms with Crippen molar-refractivity contribution < 1.29 is 14.7 Å². The average Bonchev–Trinajstić information content (AvgIpc) is 2.78. The summed E-state index contributed by atoms with van der Waals surface area (Å²) in [6.45, 7) is 3.17. The van der Waals surface area contributed by atoms with Gasteiger partial charge in [-0.05, 0) is 25.7 Å². The number of thiazole rings is 1. The van der Waals surface area contributed by atoms with E-state index in [0.717, 1.165) is 25.0 Å². The molecule has 2 rings (SSSR count). The van der Waals surface area contributed by atoms with Gasteiger partial charge in [0.2, 0.25) is 5.91 Å². The van der Waals surface area contributed by atoms with Crippen molar-refractivity contribution in [2.75, 3.05) is 5.32 Å². The molecule has 2 N–H and O–H groups in total. The van der Waals surface area contributed by atoms with Crippen molar-refractivity contribution >= 4 is 28.3 Å². The summed E-state index contributed by atoms with van der Waals surface area (Å²) in [5, 5.41) is 12.2. The number of amides is 1. The molecule has 2 atom stereocenters. The standard InChI is InChI=1S/C13H18N2O3S/c1-7(8(2)12(17)18)11(16)15-13-14-9-5-3-4-6-10(9)19-13/h7-8H,3-6H2,1-2H3,(H,17,18)(H,14,15,16). The Hall–Kier alpha value is -1.43. The molecule has 1 aliphatic carbocycles. The van der Waals surface area contributed by atoms with Crippen LogP contribution in [0.4, 0.5) is 5.13 Å². The van der Waals surface area contributed by atoms with Crippen LogP contribution in [0, 0.1) is 11.8 Å². The Morgan fingerprint density at radius 1 is 1.26 bits per heavy atom. The smallest absolute Gasteiger partial charge is 0.307 e. The maximum absolute atomic E-state index is 12.0. The number of aromatic nitrogens is 1. The Morgan fingerprint density at radius 2 is 1.95 bits per heavy atom. The van der Waals surface area contributed by atoms with Crippen molar-refractivity contribution in [3.63, 3.8) is 0 Å². The summed E-state index contributed by atoms with van der Waals surface area (Å²) < 4.78 is 0. The van der Waals surface area contributed by atoms with Crippen LogP contribution in [-0.4, -0.2) is 22.0 Å². The maximum atomic E-state index is 12.0. The number of hydrogen-bond acceptors (Lipinski definition) is 4. The summed E-state index contributed by atoms with van der Waals surface area (Å²) in [6, 6.07) is 0. The summed E-state index contributed by atoms with van der Waals surface area (Å²) in [6.07, 6.45) is 4.33. The van der Waals surface area contributed by atoms with E-state index in [1.807, 2.05) is 0 Å². The molecule has 0 aliphatic heterocycles. The van der Waals surface area contributed by atoms with Crippen molar-refractivity contribution in [3.8, 4) is 0 Å². The van der Waals surface area contributed by atoms with E-state index in [9.17, 15) is 9.59 Å². The number of carboxylic acid groups (broad SMARTS) is 1. The second kappa shape index (κ2) is 5.69. The lowest BCUT2D eigenvalue weighted by Crippen LogP contribution is -2.29. The van der Waals surface area contributed by atoms with Crippen LogP contribution in [0.1, 0.15) is 37.3 Å². The normalized spacial score (nSPS) is 17.4. The zero-order chi connectivity index (χ0) is 14.0. The third kappa shape index (κ3) is 3.12. The van der Waals surface area contributed by atoms with Gasteiger partial charge in [0.1, 0.15) is 0 Å². The van der Waals surface area contributed by atoms with Crippen LogP contribution in [0.5, 0.6) is 0 Å². The van der Waals surface area contributed by atoms with E-state index >= 15 is 0 Å². The van der Waals surface area contributed by atoms with Gasteiger partial charge in [0.25, 0.3) is 0 Å². The lowest BCUT2D eigenvalue weighted by molar-refractivity contribution is -0.145. The highest BCUT2D eigenvalue weighted by atomic mass is 32.1. The molecule has 1 amide bonds. The van der Waals surface area contributed by atoms with Crippen molar-refractivity contribution in [1.29, 1.82) is 0 Å². The zero-order valence-electron chi connectivity index (χ0n) is 11.1. The Bertz CT molecular complexity index is 475. The first-order chi connectivity index (χ1) is 8.99. The van der Waals surface area contributed by atoms with Gasteiger partial charge < -0.3 is 10.4 Å². The number of carbonyl (C=O) groups is 2. The Kier molecular flexibility index (Phi) is 4.19. The minimum Gasteiger partial charge on any atom is -0.481 e. The maximum Gasteiger partial charge on any atom is 0.307 e. The minimum atomic E-state index is -0.957. The van der Waals surface area contributed by atoms with Crippen LogP contribution in [0.3, 0.4) is 0 Å². The topological polar surface area (TPSA) is 79.3 Å². The highest BCUT2D eigenvalue weighted by molar-refractivity contribution is 7.15. The molecule has 0 saturated heterocycles. The predicted octanol–water partition coefficient (Wildman–Crippen LogP) is 2.32. The van der Waals surface area contributed by atoms with E-state index in [1.54, 1.807) is 13.8 Å². The molecular formula is C13H18N2O3S. The first kappa shape index (κ1) is 14.0. The van der Waals surface area contributed by atoms with E-state index in [4.69, 9.17) is 5.11 Å². The molecule has 0 saturated carbocycles. The molecule has 0 aromatic carbocycles. The number of anilines is 1. The summed E-state index contributed by atoms with van der Waals surface area (Å²) in [4.78, 5) is 28.5. The van der Waals surface area contributed by atoms with Crippen LogP contribution < -0.4 is 5.32 Å². The second-order valence-corrected chi connectivity index (χ2v) is 6.08. The van der Waals surface area contributed by atoms with Crippen molar-refractivity contribution in [2.24, 2.45) is 11.8 Å². The molecule has 2 unspecified atom stereocenters. The molecule has 0 spiro atoms. The summed E-state index contributed by atoms with van der Waals surface area (Å²) in [7, 11) is 0. The first-order valence-electron chi connectivity index (χ1n) is 6.51. The lowest BCUT2D eigenvalue weighted by Gasteiger charge is -2.14. The van der Waals surface area contributed by atoms with Crippen molar-refractivity contribution in [1.82, 2.24) is 4.98 Å². The van der Waals surface area contributed by atoms with E-state index in [0.29, 0.717) is 5.13 Å². The Labute approximate surface area is 116 Å². The summed E-state index contributed by atoms with van der Waals surface area (Å²) in [5.74, 6) is -2.50. The number of carboxylic acids is 1. The van der Waals surface area contributed by atoms with Crippen molar-refractivity contribution in [2.45, 2.75) is 39.5 Å². The first-order valence-corrected chi connectivity index (χ1v) is 7.33. The molecule has 6 heteroatoms. The van der Waals surface area contributed by atoms with Crippen molar-refractivity contribution in [3.05, 3.63) is 10.6 Å². The fourth-order valence-electron chi connectivity index (χ4n) is 2.07. The zero-order valence-corrected chi connectivity index (χ0v) is 11.9. The van der Waals surface area contributed by atoms with Gasteiger partial charge in [-0.2, -0.15) is 0 Å². The van der Waals surface area contributed by atoms with Gasteiger partial charge in [0, 0.05) is 10.8 Å². The summed E-state index contributed by atoms with van der Waals surface area (Å²) >= 11 is 1.51. The highest BCUT2D eigenvalue weighted by Gasteiger charge is 2.26.